The topological polar surface area (TPSA) is 59.9 Å². The van der Waals surface area contributed by atoms with E-state index in [1.807, 2.05) is 30.3 Å². The Hall–Kier alpha value is -6.17. The normalized spacial score (nSPS) is 11.9. The van der Waals surface area contributed by atoms with E-state index in [9.17, 15) is 8.42 Å². The average molecular weight is 677 g/mol. The Morgan fingerprint density at radius 2 is 0.863 bits per heavy atom. The smallest absolute Gasteiger partial charge is 0.206 e. The summed E-state index contributed by atoms with van der Waals surface area (Å²) in [6.45, 7) is 4.44. The van der Waals surface area contributed by atoms with Crippen LogP contribution in [0.2, 0.25) is 0 Å². The summed E-state index contributed by atoms with van der Waals surface area (Å²) in [6, 6.07) is 51.3. The Bertz CT molecular complexity index is 2920. The zero-order valence-electron chi connectivity index (χ0n) is 28.1. The molecule has 0 unspecified atom stereocenters. The summed E-state index contributed by atoms with van der Waals surface area (Å²) < 4.78 is 27.1. The molecule has 5 heteroatoms. The molecule has 2 heterocycles. The summed E-state index contributed by atoms with van der Waals surface area (Å²) >= 11 is 0. The first kappa shape index (κ1) is 30.9. The first-order valence-electron chi connectivity index (χ1n) is 17.0. The van der Waals surface area contributed by atoms with Crippen molar-refractivity contribution in [3.05, 3.63) is 169 Å². The highest BCUT2D eigenvalue weighted by atomic mass is 32.2. The maximum Gasteiger partial charge on any atom is 0.206 e. The Labute approximate surface area is 296 Å². The van der Waals surface area contributed by atoms with Gasteiger partial charge in [0.25, 0.3) is 0 Å². The van der Waals surface area contributed by atoms with Crippen LogP contribution in [0, 0.1) is 13.8 Å². The molecule has 0 aliphatic rings. The van der Waals surface area contributed by atoms with Gasteiger partial charge >= 0.3 is 0 Å². The number of aryl methyl sites for hydroxylation is 2. The maximum absolute atomic E-state index is 13.5. The number of para-hydroxylation sites is 1. The van der Waals surface area contributed by atoms with Crippen LogP contribution in [-0.4, -0.2) is 18.4 Å². The molecule has 51 heavy (non-hydrogen) atoms. The minimum Gasteiger partial charge on any atom is -0.247 e. The third-order valence-electron chi connectivity index (χ3n) is 10.0. The van der Waals surface area contributed by atoms with Crippen LogP contribution < -0.4 is 0 Å². The fraction of sp³-hybridized carbons (Fsp3) is 0.0435. The van der Waals surface area contributed by atoms with Gasteiger partial charge < -0.3 is 0 Å². The molecule has 0 fully saturated rings. The van der Waals surface area contributed by atoms with Crippen LogP contribution in [0.1, 0.15) is 11.1 Å². The number of pyridine rings is 2. The highest BCUT2D eigenvalue weighted by Crippen LogP contribution is 2.45. The molecule has 0 saturated carbocycles. The van der Waals surface area contributed by atoms with Crippen molar-refractivity contribution in [2.45, 2.75) is 23.6 Å². The van der Waals surface area contributed by atoms with Gasteiger partial charge in [-0.05, 0) is 83.3 Å². The lowest BCUT2D eigenvalue weighted by Crippen LogP contribution is -2.02. The number of rotatable bonds is 5. The Morgan fingerprint density at radius 3 is 1.49 bits per heavy atom. The second kappa shape index (κ2) is 12.0. The van der Waals surface area contributed by atoms with E-state index in [2.05, 4.69) is 98.8 Å². The van der Waals surface area contributed by atoms with E-state index in [0.29, 0.717) is 0 Å². The molecule has 244 valence electrons. The number of fused-ring (bicyclic) bond motifs is 6. The van der Waals surface area contributed by atoms with Crippen LogP contribution in [0.3, 0.4) is 0 Å². The monoisotopic (exact) mass is 676 g/mol. The molecule has 0 bridgehead atoms. The fourth-order valence-electron chi connectivity index (χ4n) is 7.60. The summed E-state index contributed by atoms with van der Waals surface area (Å²) in [7, 11) is -3.68. The van der Waals surface area contributed by atoms with Gasteiger partial charge in [0.2, 0.25) is 9.84 Å². The van der Waals surface area contributed by atoms with Crippen molar-refractivity contribution < 1.29 is 8.42 Å². The van der Waals surface area contributed by atoms with Crippen molar-refractivity contribution in [1.82, 2.24) is 9.97 Å². The quantitative estimate of drug-likeness (QED) is 0.134. The molecule has 7 aromatic carbocycles. The summed E-state index contributed by atoms with van der Waals surface area (Å²) in [5.41, 5.74) is 9.81. The number of benzene rings is 7. The third kappa shape index (κ3) is 5.00. The van der Waals surface area contributed by atoms with E-state index >= 15 is 0 Å². The number of sulfone groups is 1. The van der Waals surface area contributed by atoms with E-state index in [-0.39, 0.29) is 9.79 Å². The zero-order chi connectivity index (χ0) is 34.7. The summed E-state index contributed by atoms with van der Waals surface area (Å²) in [6.07, 6.45) is 0. The second-order valence-electron chi connectivity index (χ2n) is 13.0. The molecule has 0 aliphatic heterocycles. The summed E-state index contributed by atoms with van der Waals surface area (Å²) in [4.78, 5) is 11.2. The predicted octanol–water partition coefficient (Wildman–Crippen LogP) is 11.5. The van der Waals surface area contributed by atoms with Crippen molar-refractivity contribution in [3.8, 4) is 33.6 Å². The van der Waals surface area contributed by atoms with Gasteiger partial charge in [0.15, 0.2) is 0 Å². The fourth-order valence-corrected chi connectivity index (χ4v) is 8.93. The van der Waals surface area contributed by atoms with Crippen LogP contribution in [0.25, 0.3) is 77.0 Å². The maximum atomic E-state index is 13.5. The van der Waals surface area contributed by atoms with Crippen LogP contribution in [-0.2, 0) is 9.84 Å². The van der Waals surface area contributed by atoms with Gasteiger partial charge in [0.05, 0.1) is 32.2 Å². The molecule has 0 aliphatic carbocycles. The van der Waals surface area contributed by atoms with Crippen molar-refractivity contribution in [2.75, 3.05) is 0 Å². The second-order valence-corrected chi connectivity index (χ2v) is 14.9. The first-order valence-corrected chi connectivity index (χ1v) is 18.5. The van der Waals surface area contributed by atoms with Gasteiger partial charge in [-0.1, -0.05) is 121 Å². The molecule has 9 rings (SSSR count). The minimum atomic E-state index is -3.68. The van der Waals surface area contributed by atoms with E-state index in [1.54, 1.807) is 42.5 Å². The highest BCUT2D eigenvalue weighted by molar-refractivity contribution is 7.91. The van der Waals surface area contributed by atoms with Crippen LogP contribution in [0.15, 0.2) is 168 Å². The standard InChI is InChI=1S/C46H32N2O2S/c1-29-41-37-23-12-13-24-39(37)47-45(31-15-6-3-7-16-31)43(41)30(2)42-38-26-25-34(28-40(38)48-46(44(29)42)32-17-8-4-9-18-32)33-19-14-22-36(27-33)51(49,50)35-20-10-5-11-21-35/h3-28H,1-2H3. The highest BCUT2D eigenvalue weighted by Gasteiger charge is 2.23. The van der Waals surface area contributed by atoms with E-state index in [0.717, 1.165) is 82.7 Å². The molecular formula is C46H32N2O2S. The Balaban J connectivity index is 1.37. The third-order valence-corrected chi connectivity index (χ3v) is 11.8. The molecule has 0 spiro atoms. The number of nitrogens with zero attached hydrogens (tertiary/aromatic N) is 2. The molecular weight excluding hydrogens is 645 g/mol. The lowest BCUT2D eigenvalue weighted by molar-refractivity contribution is 0.596. The first-order chi connectivity index (χ1) is 24.9. The zero-order valence-corrected chi connectivity index (χ0v) is 28.9. The Morgan fingerprint density at radius 1 is 0.392 bits per heavy atom. The summed E-state index contributed by atoms with van der Waals surface area (Å²) in [5, 5.41) is 6.75. The summed E-state index contributed by atoms with van der Waals surface area (Å²) in [5.74, 6) is 0. The van der Waals surface area contributed by atoms with Crippen molar-refractivity contribution in [1.29, 1.82) is 0 Å². The van der Waals surface area contributed by atoms with Gasteiger partial charge in [-0.25, -0.2) is 18.4 Å². The number of aromatic nitrogens is 2. The Kier molecular flexibility index (Phi) is 7.26. The van der Waals surface area contributed by atoms with E-state index < -0.39 is 9.84 Å². The lowest BCUT2D eigenvalue weighted by atomic mass is 9.85. The van der Waals surface area contributed by atoms with Crippen molar-refractivity contribution in [2.24, 2.45) is 0 Å². The lowest BCUT2D eigenvalue weighted by Gasteiger charge is -2.21. The molecule has 0 amide bonds. The van der Waals surface area contributed by atoms with Gasteiger partial charge in [-0.15, -0.1) is 0 Å². The van der Waals surface area contributed by atoms with E-state index in [1.165, 1.54) is 5.39 Å². The molecule has 0 N–H and O–H groups in total. The van der Waals surface area contributed by atoms with Crippen LogP contribution in [0.5, 0.6) is 0 Å². The SMILES string of the molecule is Cc1c2c(-c3ccccc3)nc3cc(-c4cccc(S(=O)(=O)c5ccccc5)c4)ccc3c2c(C)c2c(-c3ccccc3)nc3ccccc3c12. The molecule has 0 radical (unpaired) electrons. The minimum absolute atomic E-state index is 0.258. The van der Waals surface area contributed by atoms with Gasteiger partial charge in [0, 0.05) is 32.7 Å². The van der Waals surface area contributed by atoms with Crippen LogP contribution >= 0.6 is 0 Å². The van der Waals surface area contributed by atoms with Gasteiger partial charge in [0.1, 0.15) is 0 Å². The van der Waals surface area contributed by atoms with Crippen molar-refractivity contribution >= 4 is 53.2 Å². The van der Waals surface area contributed by atoms with Crippen LogP contribution in [0.4, 0.5) is 0 Å². The molecule has 0 saturated heterocycles. The van der Waals surface area contributed by atoms with Gasteiger partial charge in [-0.2, -0.15) is 0 Å². The largest absolute Gasteiger partial charge is 0.247 e. The van der Waals surface area contributed by atoms with E-state index in [4.69, 9.17) is 9.97 Å². The average Bonchev–Trinajstić information content (AvgIpc) is 3.19. The molecule has 9 aromatic rings. The van der Waals surface area contributed by atoms with Gasteiger partial charge in [-0.3, -0.25) is 0 Å². The molecule has 2 aromatic heterocycles. The molecule has 0 atom stereocenters. The predicted molar refractivity (Wildman–Crippen MR) is 210 cm³/mol. The number of hydrogen-bond acceptors (Lipinski definition) is 4. The number of hydrogen-bond donors (Lipinski definition) is 0. The van der Waals surface area contributed by atoms with Crippen molar-refractivity contribution in [3.63, 3.8) is 0 Å². The molecule has 4 nitrogen and oxygen atoms in total.